The quantitative estimate of drug-likeness (QED) is 0.552. The van der Waals surface area contributed by atoms with Gasteiger partial charge in [0.25, 0.3) is 0 Å². The summed E-state index contributed by atoms with van der Waals surface area (Å²) in [5.41, 5.74) is 1.93. The molecule has 0 saturated heterocycles. The van der Waals surface area contributed by atoms with Crippen LogP contribution < -0.4 is 10.6 Å². The van der Waals surface area contributed by atoms with Gasteiger partial charge in [0, 0.05) is 36.2 Å². The van der Waals surface area contributed by atoms with E-state index < -0.39 is 12.1 Å². The molecule has 1 heterocycles. The number of amides is 2. The molecule has 7 heteroatoms. The van der Waals surface area contributed by atoms with Crippen LogP contribution in [0.4, 0.5) is 0 Å². The summed E-state index contributed by atoms with van der Waals surface area (Å²) in [6.45, 7) is 7.37. The lowest BCUT2D eigenvalue weighted by Gasteiger charge is -2.26. The molecule has 1 aromatic heterocycles. The second-order valence-electron chi connectivity index (χ2n) is 7.36. The maximum Gasteiger partial charge on any atom is 0.243 e. The van der Waals surface area contributed by atoms with E-state index in [1.54, 1.807) is 0 Å². The lowest BCUT2D eigenvalue weighted by molar-refractivity contribution is -0.130. The number of rotatable bonds is 10. The average Bonchev–Trinajstić information content (AvgIpc) is 3.11. The molecule has 2 amide bonds. The van der Waals surface area contributed by atoms with Gasteiger partial charge in [-0.25, -0.2) is 0 Å². The van der Waals surface area contributed by atoms with Gasteiger partial charge < -0.3 is 15.6 Å². The van der Waals surface area contributed by atoms with E-state index in [0.29, 0.717) is 6.42 Å². The zero-order valence-corrected chi connectivity index (χ0v) is 18.4. The van der Waals surface area contributed by atoms with Gasteiger partial charge in [-0.2, -0.15) is 0 Å². The Hall–Kier alpha value is -2.28. The molecule has 2 rings (SSSR count). The lowest BCUT2D eigenvalue weighted by atomic mass is 9.98. The Morgan fingerprint density at radius 2 is 1.86 bits per heavy atom. The third-order valence-electron chi connectivity index (χ3n) is 5.01. The SMILES string of the molecule is CCCSC(=O)[C@@H](NC(=O)[C@H](Cc1c[nH]c2ccccc12)NC(C)=O)[C@@H](C)CC. The fraction of sp³-hybridized carbons (Fsp3) is 0.500. The Labute approximate surface area is 176 Å². The third kappa shape index (κ3) is 6.35. The van der Waals surface area contributed by atoms with E-state index in [4.69, 9.17) is 0 Å². The highest BCUT2D eigenvalue weighted by atomic mass is 32.2. The van der Waals surface area contributed by atoms with Crippen molar-refractivity contribution in [1.29, 1.82) is 0 Å². The van der Waals surface area contributed by atoms with Gasteiger partial charge in [0.05, 0.1) is 0 Å². The Kier molecular flexibility index (Phi) is 8.76. The first-order valence-electron chi connectivity index (χ1n) is 10.2. The van der Waals surface area contributed by atoms with Gasteiger partial charge in [-0.05, 0) is 24.0 Å². The van der Waals surface area contributed by atoms with Gasteiger partial charge in [0.2, 0.25) is 16.9 Å². The van der Waals surface area contributed by atoms with Crippen LogP contribution in [0, 0.1) is 5.92 Å². The van der Waals surface area contributed by atoms with Crippen LogP contribution in [0.25, 0.3) is 10.9 Å². The molecule has 3 atom stereocenters. The molecule has 1 aromatic carbocycles. The monoisotopic (exact) mass is 417 g/mol. The zero-order chi connectivity index (χ0) is 21.4. The zero-order valence-electron chi connectivity index (χ0n) is 17.6. The second kappa shape index (κ2) is 11.0. The summed E-state index contributed by atoms with van der Waals surface area (Å²) in [7, 11) is 0. The predicted molar refractivity (Wildman–Crippen MR) is 119 cm³/mol. The predicted octanol–water partition coefficient (Wildman–Crippen LogP) is 3.42. The highest BCUT2D eigenvalue weighted by Gasteiger charge is 2.30. The van der Waals surface area contributed by atoms with E-state index in [9.17, 15) is 14.4 Å². The normalized spacial score (nSPS) is 14.2. The number of hydrogen-bond acceptors (Lipinski definition) is 4. The molecule has 0 aliphatic heterocycles. The fourth-order valence-electron chi connectivity index (χ4n) is 3.19. The molecule has 0 radical (unpaired) electrons. The summed E-state index contributed by atoms with van der Waals surface area (Å²) >= 11 is 1.26. The van der Waals surface area contributed by atoms with Crippen LogP contribution in [0.5, 0.6) is 0 Å². The van der Waals surface area contributed by atoms with Crippen LogP contribution in [0.2, 0.25) is 0 Å². The second-order valence-corrected chi connectivity index (χ2v) is 8.46. The Balaban J connectivity index is 2.20. The summed E-state index contributed by atoms with van der Waals surface area (Å²) in [4.78, 5) is 40.6. The number of aromatic nitrogens is 1. The molecule has 0 bridgehead atoms. The smallest absolute Gasteiger partial charge is 0.243 e. The highest BCUT2D eigenvalue weighted by molar-refractivity contribution is 8.13. The van der Waals surface area contributed by atoms with Crippen molar-refractivity contribution in [1.82, 2.24) is 15.6 Å². The van der Waals surface area contributed by atoms with Crippen LogP contribution in [0.1, 0.15) is 46.1 Å². The molecule has 6 nitrogen and oxygen atoms in total. The van der Waals surface area contributed by atoms with Crippen molar-refractivity contribution >= 4 is 39.6 Å². The fourth-order valence-corrected chi connectivity index (χ4v) is 4.07. The molecule has 2 aromatic rings. The summed E-state index contributed by atoms with van der Waals surface area (Å²) in [6, 6.07) is 6.52. The van der Waals surface area contributed by atoms with Gasteiger partial charge in [-0.3, -0.25) is 14.4 Å². The van der Waals surface area contributed by atoms with Crippen LogP contribution in [0.3, 0.4) is 0 Å². The number of nitrogens with one attached hydrogen (secondary N) is 3. The first kappa shape index (κ1) is 23.0. The van der Waals surface area contributed by atoms with Crippen LogP contribution in [0.15, 0.2) is 30.5 Å². The topological polar surface area (TPSA) is 91.1 Å². The molecule has 0 fully saturated rings. The van der Waals surface area contributed by atoms with Crippen molar-refractivity contribution in [3.63, 3.8) is 0 Å². The van der Waals surface area contributed by atoms with Crippen molar-refractivity contribution < 1.29 is 14.4 Å². The number of hydrogen-bond donors (Lipinski definition) is 3. The minimum Gasteiger partial charge on any atom is -0.361 e. The molecule has 158 valence electrons. The standard InChI is InChI=1S/C22H31N3O3S/c1-5-11-29-22(28)20(14(3)6-2)25-21(27)19(24-15(4)26)12-16-13-23-18-10-8-7-9-17(16)18/h7-10,13-14,19-20,23H,5-6,11-12H2,1-4H3,(H,24,26)(H,25,27)/t14-,19-,20-/m0/s1. The van der Waals surface area contributed by atoms with Gasteiger partial charge >= 0.3 is 0 Å². The van der Waals surface area contributed by atoms with Crippen LogP contribution in [-0.4, -0.2) is 39.8 Å². The lowest BCUT2D eigenvalue weighted by Crippen LogP contribution is -2.53. The summed E-state index contributed by atoms with van der Waals surface area (Å²) in [6.07, 6.45) is 3.88. The van der Waals surface area contributed by atoms with Gasteiger partial charge in [0.15, 0.2) is 0 Å². The van der Waals surface area contributed by atoms with Crippen LogP contribution >= 0.6 is 11.8 Å². The molecule has 29 heavy (non-hydrogen) atoms. The number of para-hydroxylation sites is 1. The number of H-pyrrole nitrogens is 1. The number of aromatic amines is 1. The Morgan fingerprint density at radius 1 is 1.14 bits per heavy atom. The maximum atomic E-state index is 13.1. The van der Waals surface area contributed by atoms with Gasteiger partial charge in [0.1, 0.15) is 12.1 Å². The molecule has 0 aliphatic carbocycles. The van der Waals surface area contributed by atoms with Crippen molar-refractivity contribution in [2.45, 2.75) is 59.0 Å². The molecular formula is C22H31N3O3S. The summed E-state index contributed by atoms with van der Waals surface area (Å²) in [5.74, 6) is 0.131. The number of thioether (sulfide) groups is 1. The van der Waals surface area contributed by atoms with Crippen molar-refractivity contribution in [3.05, 3.63) is 36.0 Å². The van der Waals surface area contributed by atoms with Gasteiger partial charge in [-0.1, -0.05) is 57.2 Å². The van der Waals surface area contributed by atoms with E-state index in [0.717, 1.165) is 35.1 Å². The molecule has 0 saturated carbocycles. The number of carbonyl (C=O) groups excluding carboxylic acids is 3. The summed E-state index contributed by atoms with van der Waals surface area (Å²) in [5, 5.41) is 6.64. The molecular weight excluding hydrogens is 386 g/mol. The Morgan fingerprint density at radius 3 is 2.52 bits per heavy atom. The number of carbonyl (C=O) groups is 3. The van der Waals surface area contributed by atoms with E-state index >= 15 is 0 Å². The minimum absolute atomic E-state index is 0.0156. The minimum atomic E-state index is -0.748. The van der Waals surface area contributed by atoms with E-state index in [-0.39, 0.29) is 22.8 Å². The number of benzene rings is 1. The van der Waals surface area contributed by atoms with Crippen molar-refractivity contribution in [3.8, 4) is 0 Å². The molecule has 3 N–H and O–H groups in total. The van der Waals surface area contributed by atoms with E-state index in [1.165, 1.54) is 18.7 Å². The van der Waals surface area contributed by atoms with Crippen molar-refractivity contribution in [2.75, 3.05) is 5.75 Å². The van der Waals surface area contributed by atoms with Crippen LogP contribution in [-0.2, 0) is 20.8 Å². The average molecular weight is 418 g/mol. The van der Waals surface area contributed by atoms with E-state index in [1.807, 2.05) is 51.2 Å². The first-order chi connectivity index (χ1) is 13.9. The van der Waals surface area contributed by atoms with E-state index in [2.05, 4.69) is 15.6 Å². The molecule has 0 unspecified atom stereocenters. The summed E-state index contributed by atoms with van der Waals surface area (Å²) < 4.78 is 0. The maximum absolute atomic E-state index is 13.1. The first-order valence-corrected chi connectivity index (χ1v) is 11.1. The Bertz CT molecular complexity index is 849. The van der Waals surface area contributed by atoms with Crippen molar-refractivity contribution in [2.24, 2.45) is 5.92 Å². The van der Waals surface area contributed by atoms with Gasteiger partial charge in [-0.15, -0.1) is 0 Å². The molecule has 0 spiro atoms. The highest BCUT2D eigenvalue weighted by Crippen LogP contribution is 2.20. The largest absolute Gasteiger partial charge is 0.361 e. The number of fused-ring (bicyclic) bond motifs is 1. The third-order valence-corrected chi connectivity index (χ3v) is 6.16. The molecule has 0 aliphatic rings.